The van der Waals surface area contributed by atoms with Crippen LogP contribution < -0.4 is 9.47 Å². The number of quaternary nitrogens is 1. The molecule has 8 heteroatoms. The van der Waals surface area contributed by atoms with E-state index in [1.165, 1.54) is 22.7 Å². The lowest BCUT2D eigenvalue weighted by atomic mass is 9.83. The number of thiophene rings is 2. The van der Waals surface area contributed by atoms with Gasteiger partial charge in [-0.3, -0.25) is 0 Å². The topological polar surface area (TPSA) is 65.0 Å². The molecule has 5 heterocycles. The molecule has 1 aromatic carbocycles. The lowest BCUT2D eigenvalue weighted by Gasteiger charge is -2.52. The van der Waals surface area contributed by atoms with E-state index in [9.17, 15) is 9.90 Å². The Morgan fingerprint density at radius 2 is 1.66 bits per heavy atom. The fraction of sp³-hybridized carbons (Fsp3) is 0.444. The summed E-state index contributed by atoms with van der Waals surface area (Å²) >= 11 is 2.76. The molecule has 0 amide bonds. The van der Waals surface area contributed by atoms with Crippen molar-refractivity contribution < 1.29 is 28.6 Å². The minimum absolute atomic E-state index is 0.168. The number of benzene rings is 1. The van der Waals surface area contributed by atoms with Crippen molar-refractivity contribution >= 4 is 28.6 Å². The zero-order valence-electron chi connectivity index (χ0n) is 19.9. The van der Waals surface area contributed by atoms with Gasteiger partial charge in [-0.1, -0.05) is 12.1 Å². The van der Waals surface area contributed by atoms with E-state index < -0.39 is 11.6 Å². The molecular weight excluding hydrogens is 482 g/mol. The SMILES string of the molecule is COc1ccc(OCCC[N+]23CCC(CC2)C(OC(=O)C(O)(c2cccs2)c2cccs2)C3)cc1. The maximum absolute atomic E-state index is 13.5. The standard InChI is InChI=1S/C27H32NO5S2/c1-31-21-7-9-22(10-8-21)32-16-4-13-28-14-11-20(12-15-28)23(19-28)33-26(29)27(30,24-5-2-17-34-24)25-6-3-18-35-25/h2-3,5-10,17-18,20,23,30H,4,11-16,19H2,1H3/q+1. The zero-order valence-corrected chi connectivity index (χ0v) is 21.6. The van der Waals surface area contributed by atoms with Crippen LogP contribution in [0.5, 0.6) is 11.5 Å². The fourth-order valence-corrected chi connectivity index (χ4v) is 7.16. The minimum Gasteiger partial charge on any atom is -0.497 e. The van der Waals surface area contributed by atoms with Crippen molar-refractivity contribution in [1.82, 2.24) is 0 Å². The van der Waals surface area contributed by atoms with Gasteiger partial charge in [0.05, 0.1) is 43.1 Å². The molecule has 3 aliphatic heterocycles. The summed E-state index contributed by atoms with van der Waals surface area (Å²) in [4.78, 5) is 14.7. The summed E-state index contributed by atoms with van der Waals surface area (Å²) in [5, 5.41) is 15.4. The normalized spacial score (nSPS) is 23.7. The summed E-state index contributed by atoms with van der Waals surface area (Å²) in [6.45, 7) is 4.68. The first-order valence-corrected chi connectivity index (χ1v) is 13.9. The molecule has 6 rings (SSSR count). The number of methoxy groups -OCH3 is 1. The van der Waals surface area contributed by atoms with Gasteiger partial charge in [-0.25, -0.2) is 4.79 Å². The number of esters is 1. The van der Waals surface area contributed by atoms with Gasteiger partial charge in [0, 0.05) is 25.2 Å². The highest BCUT2D eigenvalue weighted by Crippen LogP contribution is 2.40. The Kier molecular flexibility index (Phi) is 7.16. The molecule has 6 nitrogen and oxygen atoms in total. The smallest absolute Gasteiger partial charge is 0.349 e. The molecule has 186 valence electrons. The highest BCUT2D eigenvalue weighted by atomic mass is 32.1. The number of hydrogen-bond acceptors (Lipinski definition) is 7. The van der Waals surface area contributed by atoms with Crippen LogP contribution >= 0.6 is 22.7 Å². The van der Waals surface area contributed by atoms with Gasteiger partial charge in [0.25, 0.3) is 0 Å². The van der Waals surface area contributed by atoms with Crippen LogP contribution in [0.3, 0.4) is 0 Å². The molecular formula is C27H32NO5S2+. The fourth-order valence-electron chi connectivity index (χ4n) is 5.45. The number of hydrogen-bond donors (Lipinski definition) is 1. The second-order valence-electron chi connectivity index (χ2n) is 9.52. The summed E-state index contributed by atoms with van der Waals surface area (Å²) in [5.74, 6) is 1.47. The third-order valence-corrected chi connectivity index (χ3v) is 9.41. The van der Waals surface area contributed by atoms with Gasteiger partial charge in [-0.15, -0.1) is 22.7 Å². The van der Waals surface area contributed by atoms with Crippen LogP contribution in [-0.4, -0.2) is 61.6 Å². The number of piperidine rings is 3. The highest BCUT2D eigenvalue weighted by molar-refractivity contribution is 7.12. The van der Waals surface area contributed by atoms with Crippen LogP contribution in [0.4, 0.5) is 0 Å². The van der Waals surface area contributed by atoms with E-state index in [4.69, 9.17) is 14.2 Å². The van der Waals surface area contributed by atoms with Crippen molar-refractivity contribution in [2.24, 2.45) is 5.92 Å². The summed E-state index contributed by atoms with van der Waals surface area (Å²) < 4.78 is 18.2. The molecule has 3 aromatic rings. The molecule has 3 aliphatic rings. The number of carbonyl (C=O) groups excluding carboxylic acids is 1. The number of nitrogens with zero attached hydrogens (tertiary/aromatic N) is 1. The Bertz CT molecular complexity index is 1060. The lowest BCUT2D eigenvalue weighted by molar-refractivity contribution is -0.946. The van der Waals surface area contributed by atoms with Crippen LogP contribution in [0.15, 0.2) is 59.3 Å². The third-order valence-electron chi connectivity index (χ3n) is 7.46. The summed E-state index contributed by atoms with van der Waals surface area (Å²) in [6, 6.07) is 15.0. The molecule has 1 atom stereocenters. The van der Waals surface area contributed by atoms with E-state index in [0.29, 0.717) is 22.3 Å². The van der Waals surface area contributed by atoms with Crippen molar-refractivity contribution in [3.8, 4) is 11.5 Å². The molecule has 0 saturated carbocycles. The maximum atomic E-state index is 13.5. The molecule has 2 bridgehead atoms. The van der Waals surface area contributed by atoms with Crippen LogP contribution in [0, 0.1) is 5.92 Å². The summed E-state index contributed by atoms with van der Waals surface area (Å²) in [6.07, 6.45) is 2.87. The Morgan fingerprint density at radius 3 is 2.23 bits per heavy atom. The molecule has 1 unspecified atom stereocenters. The molecule has 1 N–H and O–H groups in total. The minimum atomic E-state index is -1.74. The van der Waals surface area contributed by atoms with Crippen LogP contribution in [0.25, 0.3) is 0 Å². The second kappa shape index (κ2) is 10.3. The van der Waals surface area contributed by atoms with E-state index in [1.54, 1.807) is 19.2 Å². The average molecular weight is 515 g/mol. The largest absolute Gasteiger partial charge is 0.497 e. The molecule has 3 fully saturated rings. The Balaban J connectivity index is 1.21. The van der Waals surface area contributed by atoms with Gasteiger partial charge in [0.1, 0.15) is 18.0 Å². The van der Waals surface area contributed by atoms with Crippen molar-refractivity contribution in [3.63, 3.8) is 0 Å². The highest BCUT2D eigenvalue weighted by Gasteiger charge is 2.51. The summed E-state index contributed by atoms with van der Waals surface area (Å²) in [5.41, 5.74) is -1.74. The summed E-state index contributed by atoms with van der Waals surface area (Å²) in [7, 11) is 1.65. The molecule has 3 saturated heterocycles. The monoisotopic (exact) mass is 514 g/mol. The Hall–Kier alpha value is -2.39. The Labute approximate surface area is 214 Å². The van der Waals surface area contributed by atoms with Crippen LogP contribution in [-0.2, 0) is 15.1 Å². The third kappa shape index (κ3) is 4.98. The van der Waals surface area contributed by atoms with E-state index in [2.05, 4.69) is 0 Å². The van der Waals surface area contributed by atoms with Crippen LogP contribution in [0.1, 0.15) is 29.0 Å². The molecule has 0 spiro atoms. The van der Waals surface area contributed by atoms with Gasteiger partial charge in [0.2, 0.25) is 5.60 Å². The van der Waals surface area contributed by atoms with E-state index in [0.717, 1.165) is 61.4 Å². The van der Waals surface area contributed by atoms with Gasteiger partial charge in [0.15, 0.2) is 6.10 Å². The van der Waals surface area contributed by atoms with Crippen molar-refractivity contribution in [1.29, 1.82) is 0 Å². The lowest BCUT2D eigenvalue weighted by Crippen LogP contribution is -2.65. The van der Waals surface area contributed by atoms with Gasteiger partial charge in [-0.2, -0.15) is 0 Å². The molecule has 2 aromatic heterocycles. The first kappa shape index (κ1) is 24.3. The van der Waals surface area contributed by atoms with E-state index >= 15 is 0 Å². The number of rotatable bonds is 10. The number of fused-ring (bicyclic) bond motifs is 3. The number of ether oxygens (including phenoxy) is 3. The van der Waals surface area contributed by atoms with Crippen molar-refractivity contribution in [2.75, 3.05) is 39.9 Å². The van der Waals surface area contributed by atoms with Crippen LogP contribution in [0.2, 0.25) is 0 Å². The van der Waals surface area contributed by atoms with Gasteiger partial charge >= 0.3 is 5.97 Å². The van der Waals surface area contributed by atoms with Crippen molar-refractivity contribution in [3.05, 3.63) is 69.0 Å². The molecule has 35 heavy (non-hydrogen) atoms. The first-order chi connectivity index (χ1) is 17.0. The number of aliphatic hydroxyl groups is 1. The first-order valence-electron chi connectivity index (χ1n) is 12.2. The predicted octanol–water partition coefficient (Wildman–Crippen LogP) is 4.68. The zero-order chi connectivity index (χ0) is 24.3. The second-order valence-corrected chi connectivity index (χ2v) is 11.4. The predicted molar refractivity (Wildman–Crippen MR) is 137 cm³/mol. The number of carbonyl (C=O) groups is 1. The Morgan fingerprint density at radius 1 is 1.03 bits per heavy atom. The quantitative estimate of drug-likeness (QED) is 0.242. The molecule has 0 aliphatic carbocycles. The van der Waals surface area contributed by atoms with Crippen molar-refractivity contribution in [2.45, 2.75) is 31.0 Å². The average Bonchev–Trinajstić information content (AvgIpc) is 3.63. The van der Waals surface area contributed by atoms with Gasteiger partial charge < -0.3 is 23.8 Å². The van der Waals surface area contributed by atoms with E-state index in [1.807, 2.05) is 47.2 Å². The molecule has 0 radical (unpaired) electrons. The van der Waals surface area contributed by atoms with E-state index in [-0.39, 0.29) is 6.10 Å². The maximum Gasteiger partial charge on any atom is 0.349 e. The van der Waals surface area contributed by atoms with Gasteiger partial charge in [-0.05, 0) is 47.2 Å².